The van der Waals surface area contributed by atoms with Gasteiger partial charge in [-0.05, 0) is 80.6 Å². The Bertz CT molecular complexity index is 1160. The van der Waals surface area contributed by atoms with Crippen molar-refractivity contribution in [2.45, 2.75) is 83.2 Å². The highest BCUT2D eigenvalue weighted by molar-refractivity contribution is 5.90. The van der Waals surface area contributed by atoms with Crippen molar-refractivity contribution in [2.75, 3.05) is 6.61 Å². The summed E-state index contributed by atoms with van der Waals surface area (Å²) in [7, 11) is 0. The summed E-state index contributed by atoms with van der Waals surface area (Å²) in [6.07, 6.45) is 8.90. The van der Waals surface area contributed by atoms with E-state index >= 15 is 0 Å². The second-order valence-electron chi connectivity index (χ2n) is 10.8. The van der Waals surface area contributed by atoms with Crippen LogP contribution in [0.2, 0.25) is 0 Å². The lowest BCUT2D eigenvalue weighted by Crippen LogP contribution is -2.44. The maximum absolute atomic E-state index is 13.8. The molecule has 1 fully saturated rings. The van der Waals surface area contributed by atoms with E-state index in [1.807, 2.05) is 56.3 Å². The van der Waals surface area contributed by atoms with Crippen molar-refractivity contribution in [1.29, 1.82) is 0 Å². The summed E-state index contributed by atoms with van der Waals surface area (Å²) in [5, 5.41) is 15.0. The largest absolute Gasteiger partial charge is 0.494 e. The first-order chi connectivity index (χ1) is 18.4. The smallest absolute Gasteiger partial charge is 0.343 e. The molecule has 2 unspecified atom stereocenters. The molecule has 0 N–H and O–H groups in total. The van der Waals surface area contributed by atoms with Crippen molar-refractivity contribution in [3.05, 3.63) is 95.6 Å². The van der Waals surface area contributed by atoms with E-state index < -0.39 is 17.0 Å². The Morgan fingerprint density at radius 2 is 1.26 bits per heavy atom. The Labute approximate surface area is 227 Å². The zero-order valence-electron chi connectivity index (χ0n) is 22.9. The Kier molecular flexibility index (Phi) is 9.24. The van der Waals surface area contributed by atoms with Gasteiger partial charge in [0.05, 0.1) is 23.2 Å². The number of ether oxygens (including phenoxy) is 2. The summed E-state index contributed by atoms with van der Waals surface area (Å²) in [5.74, 6) is 0.911. The first-order valence-electron chi connectivity index (χ1n) is 14.0. The molecule has 0 aromatic heterocycles. The minimum atomic E-state index is -0.677. The van der Waals surface area contributed by atoms with Crippen LogP contribution in [-0.2, 0) is 16.3 Å². The highest BCUT2D eigenvalue weighted by atomic mass is 16.5. The predicted molar refractivity (Wildman–Crippen MR) is 150 cm³/mol. The van der Waals surface area contributed by atoms with Gasteiger partial charge in [-0.2, -0.15) is 0 Å². The Morgan fingerprint density at radius 1 is 0.737 bits per heavy atom. The molecule has 5 heteroatoms. The third kappa shape index (κ3) is 6.28. The minimum Gasteiger partial charge on any atom is -0.494 e. The molecular formula is C33H40NO4. The van der Waals surface area contributed by atoms with E-state index in [-0.39, 0.29) is 0 Å². The van der Waals surface area contributed by atoms with Crippen molar-refractivity contribution < 1.29 is 19.5 Å². The van der Waals surface area contributed by atoms with Crippen LogP contribution in [0.25, 0.3) is 0 Å². The van der Waals surface area contributed by atoms with Gasteiger partial charge in [0, 0.05) is 0 Å². The van der Waals surface area contributed by atoms with Gasteiger partial charge in [0.1, 0.15) is 11.5 Å². The molecule has 0 amide bonds. The van der Waals surface area contributed by atoms with Crippen molar-refractivity contribution >= 4 is 5.97 Å². The molecule has 0 aliphatic carbocycles. The van der Waals surface area contributed by atoms with Crippen LogP contribution in [0, 0.1) is 0 Å². The number of nitrogens with zero attached hydrogens (tertiary/aromatic N) is 1. The molecule has 1 aliphatic rings. The van der Waals surface area contributed by atoms with Crippen LogP contribution >= 0.6 is 0 Å². The molecule has 1 heterocycles. The number of benzene rings is 3. The third-order valence-corrected chi connectivity index (χ3v) is 7.93. The number of hydroxylamine groups is 2. The quantitative estimate of drug-likeness (QED) is 0.139. The molecule has 3 aromatic rings. The molecule has 38 heavy (non-hydrogen) atoms. The summed E-state index contributed by atoms with van der Waals surface area (Å²) in [6, 6.07) is 24.2. The van der Waals surface area contributed by atoms with Crippen LogP contribution in [0.15, 0.2) is 78.9 Å². The fourth-order valence-electron chi connectivity index (χ4n) is 5.36. The molecule has 201 valence electrons. The molecule has 0 spiro atoms. The summed E-state index contributed by atoms with van der Waals surface area (Å²) in [6.45, 7) is 6.98. The van der Waals surface area contributed by atoms with Gasteiger partial charge in [0.2, 0.25) is 0 Å². The van der Waals surface area contributed by atoms with Gasteiger partial charge in [-0.1, -0.05) is 81.5 Å². The number of esters is 1. The van der Waals surface area contributed by atoms with Gasteiger partial charge >= 0.3 is 5.97 Å². The van der Waals surface area contributed by atoms with Gasteiger partial charge in [-0.25, -0.2) is 4.79 Å². The summed E-state index contributed by atoms with van der Waals surface area (Å²) < 4.78 is 11.5. The summed E-state index contributed by atoms with van der Waals surface area (Å²) in [4.78, 5) is 12.4. The lowest BCUT2D eigenvalue weighted by atomic mass is 9.89. The molecule has 1 aliphatic heterocycles. The van der Waals surface area contributed by atoms with Crippen LogP contribution in [0.5, 0.6) is 11.5 Å². The Balaban J connectivity index is 1.36. The summed E-state index contributed by atoms with van der Waals surface area (Å²) >= 11 is 0. The van der Waals surface area contributed by atoms with Crippen LogP contribution in [-0.4, -0.2) is 17.6 Å². The normalized spacial score (nSPS) is 21.4. The topological polar surface area (TPSA) is 58.7 Å². The van der Waals surface area contributed by atoms with E-state index in [2.05, 4.69) is 6.92 Å². The number of hydrogen-bond acceptors (Lipinski definition) is 4. The zero-order valence-corrected chi connectivity index (χ0v) is 22.9. The lowest BCUT2D eigenvalue weighted by Gasteiger charge is -2.37. The maximum Gasteiger partial charge on any atom is 0.343 e. The van der Waals surface area contributed by atoms with Crippen molar-refractivity contribution in [1.82, 2.24) is 5.06 Å². The van der Waals surface area contributed by atoms with Crippen molar-refractivity contribution in [3.63, 3.8) is 0 Å². The second kappa shape index (κ2) is 12.6. The van der Waals surface area contributed by atoms with Gasteiger partial charge in [-0.15, -0.1) is 10.3 Å². The average Bonchev–Trinajstić information content (AvgIpc) is 3.19. The first kappa shape index (κ1) is 27.9. The zero-order chi connectivity index (χ0) is 27.0. The SMILES string of the molecule is CCCCCCCCOc1ccc(C2(C)CCC(C)(c3ccc(OC(=O)c4ccccc4)cc3)N2[O])cc1. The monoisotopic (exact) mass is 514 g/mol. The lowest BCUT2D eigenvalue weighted by molar-refractivity contribution is -0.260. The number of carbonyl (C=O) groups is 1. The molecule has 0 bridgehead atoms. The van der Waals surface area contributed by atoms with E-state index in [0.29, 0.717) is 11.3 Å². The Morgan fingerprint density at radius 3 is 1.84 bits per heavy atom. The molecular weight excluding hydrogens is 474 g/mol. The van der Waals surface area contributed by atoms with Crippen LogP contribution in [0.4, 0.5) is 0 Å². The van der Waals surface area contributed by atoms with Crippen LogP contribution < -0.4 is 9.47 Å². The molecule has 1 saturated heterocycles. The third-order valence-electron chi connectivity index (χ3n) is 7.93. The Hall–Kier alpha value is -3.15. The van der Waals surface area contributed by atoms with Crippen LogP contribution in [0.1, 0.15) is 93.6 Å². The van der Waals surface area contributed by atoms with Crippen molar-refractivity contribution in [2.24, 2.45) is 0 Å². The number of unbranched alkanes of at least 4 members (excludes halogenated alkanes) is 5. The maximum atomic E-state index is 13.8. The van der Waals surface area contributed by atoms with Crippen molar-refractivity contribution in [3.8, 4) is 11.5 Å². The fraction of sp³-hybridized carbons (Fsp3) is 0.424. The molecule has 0 saturated carbocycles. The van der Waals surface area contributed by atoms with E-state index in [9.17, 15) is 10.0 Å². The van der Waals surface area contributed by atoms with E-state index in [0.717, 1.165) is 42.7 Å². The molecule has 3 aromatic carbocycles. The van der Waals surface area contributed by atoms with E-state index in [1.54, 1.807) is 36.4 Å². The fourth-order valence-corrected chi connectivity index (χ4v) is 5.36. The van der Waals surface area contributed by atoms with E-state index in [1.165, 1.54) is 37.2 Å². The average molecular weight is 515 g/mol. The van der Waals surface area contributed by atoms with Gasteiger partial charge in [0.25, 0.3) is 0 Å². The summed E-state index contributed by atoms with van der Waals surface area (Å²) in [5.41, 5.74) is 1.10. The van der Waals surface area contributed by atoms with Gasteiger partial charge in [-0.3, -0.25) is 0 Å². The highest BCUT2D eigenvalue weighted by Crippen LogP contribution is 2.51. The number of rotatable bonds is 12. The molecule has 1 radical (unpaired) electrons. The van der Waals surface area contributed by atoms with E-state index in [4.69, 9.17) is 9.47 Å². The highest BCUT2D eigenvalue weighted by Gasteiger charge is 2.52. The molecule has 2 atom stereocenters. The number of hydrogen-bond donors (Lipinski definition) is 0. The molecule has 4 rings (SSSR count). The van der Waals surface area contributed by atoms with Crippen LogP contribution in [0.3, 0.4) is 0 Å². The standard InChI is InChI=1S/C33H40NO4/c1-4-5-6-7-8-12-25-37-29-19-15-27(16-20-29)32(2)23-24-33(3,34(32)36)28-17-21-30(22-18-28)38-31(35)26-13-10-9-11-14-26/h9-11,13-22H,4-8,12,23-25H2,1-3H3. The first-order valence-corrected chi connectivity index (χ1v) is 14.0. The second-order valence-corrected chi connectivity index (χ2v) is 10.8. The molecule has 5 nitrogen and oxygen atoms in total. The van der Waals surface area contributed by atoms with Gasteiger partial charge in [0.15, 0.2) is 0 Å². The minimum absolute atomic E-state index is 0.400. The number of carbonyl (C=O) groups excluding carboxylic acids is 1. The van der Waals surface area contributed by atoms with Gasteiger partial charge < -0.3 is 9.47 Å². The predicted octanol–water partition coefficient (Wildman–Crippen LogP) is 8.22.